The van der Waals surface area contributed by atoms with Crippen molar-refractivity contribution in [1.29, 1.82) is 0 Å². The molecule has 0 radical (unpaired) electrons. The van der Waals surface area contributed by atoms with Gasteiger partial charge in [0.25, 0.3) is 0 Å². The third kappa shape index (κ3) is 2.26. The van der Waals surface area contributed by atoms with Gasteiger partial charge in [-0.2, -0.15) is 0 Å². The highest BCUT2D eigenvalue weighted by molar-refractivity contribution is 7.91. The summed E-state index contributed by atoms with van der Waals surface area (Å²) >= 11 is 0. The van der Waals surface area contributed by atoms with Gasteiger partial charge in [-0.15, -0.1) is 5.10 Å². The van der Waals surface area contributed by atoms with Crippen molar-refractivity contribution in [2.75, 3.05) is 11.5 Å². The van der Waals surface area contributed by atoms with E-state index >= 15 is 0 Å². The van der Waals surface area contributed by atoms with E-state index in [4.69, 9.17) is 0 Å². The van der Waals surface area contributed by atoms with Crippen molar-refractivity contribution in [2.24, 2.45) is 5.92 Å². The van der Waals surface area contributed by atoms with Gasteiger partial charge in [0.2, 0.25) is 0 Å². The van der Waals surface area contributed by atoms with Gasteiger partial charge in [-0.05, 0) is 24.5 Å². The van der Waals surface area contributed by atoms with Crippen LogP contribution in [0, 0.1) is 5.92 Å². The van der Waals surface area contributed by atoms with Gasteiger partial charge in [0, 0.05) is 6.54 Å². The van der Waals surface area contributed by atoms with Gasteiger partial charge in [-0.3, -0.25) is 0 Å². The molecule has 1 fully saturated rings. The van der Waals surface area contributed by atoms with Crippen LogP contribution in [-0.4, -0.2) is 46.0 Å². The van der Waals surface area contributed by atoms with Crippen LogP contribution in [0.25, 0.3) is 11.0 Å². The van der Waals surface area contributed by atoms with E-state index in [1.165, 1.54) is 10.7 Å². The number of hydrogen-bond acceptors (Lipinski definition) is 5. The van der Waals surface area contributed by atoms with Gasteiger partial charge in [0.1, 0.15) is 11.0 Å². The topological polar surface area (TPSA) is 102 Å². The Balaban J connectivity index is 1.98. The molecule has 2 aromatic rings. The first-order chi connectivity index (χ1) is 9.46. The number of rotatable bonds is 3. The van der Waals surface area contributed by atoms with E-state index in [1.807, 2.05) is 0 Å². The quantitative estimate of drug-likeness (QED) is 0.887. The second kappa shape index (κ2) is 4.55. The normalized spacial score (nSPS) is 21.3. The molecule has 1 N–H and O–H groups in total. The van der Waals surface area contributed by atoms with E-state index in [0.29, 0.717) is 24.0 Å². The lowest BCUT2D eigenvalue weighted by atomic mass is 10.1. The van der Waals surface area contributed by atoms with Gasteiger partial charge < -0.3 is 5.11 Å². The lowest BCUT2D eigenvalue weighted by Gasteiger charge is -2.09. The van der Waals surface area contributed by atoms with Crippen LogP contribution in [0.3, 0.4) is 0 Å². The van der Waals surface area contributed by atoms with Crippen LogP contribution in [0.15, 0.2) is 18.2 Å². The molecular weight excluding hydrogens is 282 g/mol. The molecule has 1 unspecified atom stereocenters. The number of nitrogens with zero attached hydrogens (tertiary/aromatic N) is 3. The molecule has 1 aromatic heterocycles. The van der Waals surface area contributed by atoms with Gasteiger partial charge in [-0.25, -0.2) is 17.9 Å². The molecule has 2 heterocycles. The SMILES string of the molecule is O=C(O)c1cccc2nnn(CC3CCS(=O)(=O)C3)c12. The van der Waals surface area contributed by atoms with E-state index in [1.54, 1.807) is 12.1 Å². The van der Waals surface area contributed by atoms with E-state index < -0.39 is 15.8 Å². The molecule has 0 saturated carbocycles. The molecule has 7 nitrogen and oxygen atoms in total. The summed E-state index contributed by atoms with van der Waals surface area (Å²) in [6.45, 7) is 0.375. The highest BCUT2D eigenvalue weighted by atomic mass is 32.2. The number of aromatic carboxylic acids is 1. The molecule has 0 aliphatic carbocycles. The molecular formula is C12H13N3O4S. The summed E-state index contributed by atoms with van der Waals surface area (Å²) in [6, 6.07) is 4.80. The highest BCUT2D eigenvalue weighted by Gasteiger charge is 2.29. The van der Waals surface area contributed by atoms with Gasteiger partial charge in [0.05, 0.1) is 17.1 Å². The minimum Gasteiger partial charge on any atom is -0.478 e. The molecule has 106 valence electrons. The Kier molecular flexibility index (Phi) is 2.97. The van der Waals surface area contributed by atoms with Crippen LogP contribution in [0.5, 0.6) is 0 Å². The number of hydrogen-bond donors (Lipinski definition) is 1. The van der Waals surface area contributed by atoms with Crippen LogP contribution in [0.2, 0.25) is 0 Å². The molecule has 1 aliphatic heterocycles. The predicted molar refractivity (Wildman–Crippen MR) is 71.2 cm³/mol. The Labute approximate surface area is 115 Å². The van der Waals surface area contributed by atoms with Crippen LogP contribution in [0.1, 0.15) is 16.8 Å². The first-order valence-electron chi connectivity index (χ1n) is 6.22. The lowest BCUT2D eigenvalue weighted by Crippen LogP contribution is -2.14. The predicted octanol–water partition coefficient (Wildman–Crippen LogP) is 0.564. The van der Waals surface area contributed by atoms with Crippen LogP contribution in [-0.2, 0) is 16.4 Å². The van der Waals surface area contributed by atoms with Crippen molar-refractivity contribution in [1.82, 2.24) is 15.0 Å². The van der Waals surface area contributed by atoms with Gasteiger partial charge >= 0.3 is 5.97 Å². The summed E-state index contributed by atoms with van der Waals surface area (Å²) in [5.41, 5.74) is 1.09. The number of sulfone groups is 1. The molecule has 0 bridgehead atoms. The van der Waals surface area contributed by atoms with E-state index in [-0.39, 0.29) is 23.0 Å². The summed E-state index contributed by atoms with van der Waals surface area (Å²) in [4.78, 5) is 11.2. The minimum absolute atomic E-state index is 0.0354. The molecule has 1 atom stereocenters. The maximum absolute atomic E-state index is 11.5. The minimum atomic E-state index is -2.96. The maximum Gasteiger partial charge on any atom is 0.337 e. The molecule has 1 aromatic carbocycles. The number of benzene rings is 1. The zero-order valence-corrected chi connectivity index (χ0v) is 11.4. The molecule has 3 rings (SSSR count). The van der Waals surface area contributed by atoms with Crippen molar-refractivity contribution in [3.63, 3.8) is 0 Å². The van der Waals surface area contributed by atoms with Crippen molar-refractivity contribution in [2.45, 2.75) is 13.0 Å². The lowest BCUT2D eigenvalue weighted by molar-refractivity contribution is 0.0698. The second-order valence-electron chi connectivity index (χ2n) is 5.02. The number of carboxylic acid groups (broad SMARTS) is 1. The number of fused-ring (bicyclic) bond motifs is 1. The van der Waals surface area contributed by atoms with Crippen molar-refractivity contribution >= 4 is 26.8 Å². The fourth-order valence-electron chi connectivity index (χ4n) is 2.59. The summed E-state index contributed by atoms with van der Waals surface area (Å²) in [7, 11) is -2.96. The van der Waals surface area contributed by atoms with Crippen molar-refractivity contribution in [3.8, 4) is 0 Å². The van der Waals surface area contributed by atoms with E-state index in [9.17, 15) is 18.3 Å². The second-order valence-corrected chi connectivity index (χ2v) is 7.25. The standard InChI is InChI=1S/C12H13N3O4S/c16-12(17)9-2-1-3-10-11(9)15(14-13-10)6-8-4-5-20(18,19)7-8/h1-3,8H,4-7H2,(H,16,17). The van der Waals surface area contributed by atoms with Crippen LogP contribution in [0.4, 0.5) is 0 Å². The first-order valence-corrected chi connectivity index (χ1v) is 8.04. The monoisotopic (exact) mass is 295 g/mol. The Bertz CT molecular complexity index is 781. The average Bonchev–Trinajstić information content (AvgIpc) is 2.93. The summed E-state index contributed by atoms with van der Waals surface area (Å²) < 4.78 is 24.4. The molecule has 1 aliphatic rings. The summed E-state index contributed by atoms with van der Waals surface area (Å²) in [5.74, 6) is -0.760. The fourth-order valence-corrected chi connectivity index (χ4v) is 4.44. The first kappa shape index (κ1) is 13.0. The van der Waals surface area contributed by atoms with Crippen molar-refractivity contribution in [3.05, 3.63) is 23.8 Å². The average molecular weight is 295 g/mol. The molecule has 1 saturated heterocycles. The third-order valence-corrected chi connectivity index (χ3v) is 5.36. The third-order valence-electron chi connectivity index (χ3n) is 3.52. The van der Waals surface area contributed by atoms with Crippen LogP contribution < -0.4 is 0 Å². The number of carbonyl (C=O) groups is 1. The molecule has 0 amide bonds. The van der Waals surface area contributed by atoms with E-state index in [0.717, 1.165) is 0 Å². The Morgan fingerprint density at radius 2 is 2.25 bits per heavy atom. The summed E-state index contributed by atoms with van der Waals surface area (Å²) in [5, 5.41) is 17.1. The van der Waals surface area contributed by atoms with Gasteiger partial charge in [0.15, 0.2) is 9.84 Å². The Hall–Kier alpha value is -1.96. The van der Waals surface area contributed by atoms with E-state index in [2.05, 4.69) is 10.3 Å². The van der Waals surface area contributed by atoms with Crippen LogP contribution >= 0.6 is 0 Å². The number of aromatic nitrogens is 3. The Morgan fingerprint density at radius 1 is 1.45 bits per heavy atom. The fraction of sp³-hybridized carbons (Fsp3) is 0.417. The van der Waals surface area contributed by atoms with Gasteiger partial charge in [-0.1, -0.05) is 11.3 Å². The maximum atomic E-state index is 11.5. The number of carboxylic acids is 1. The zero-order valence-electron chi connectivity index (χ0n) is 10.6. The Morgan fingerprint density at radius 3 is 2.90 bits per heavy atom. The summed E-state index contributed by atoms with van der Waals surface area (Å²) in [6.07, 6.45) is 0.582. The number of para-hydroxylation sites is 1. The largest absolute Gasteiger partial charge is 0.478 e. The molecule has 0 spiro atoms. The smallest absolute Gasteiger partial charge is 0.337 e. The molecule has 20 heavy (non-hydrogen) atoms. The van der Waals surface area contributed by atoms with Crippen molar-refractivity contribution < 1.29 is 18.3 Å². The highest BCUT2D eigenvalue weighted by Crippen LogP contribution is 2.23. The molecule has 8 heteroatoms. The zero-order chi connectivity index (χ0) is 14.3.